The number of aromatic nitrogens is 3. The number of nitrogens with zero attached hydrogens (tertiary/aromatic N) is 5. The molecule has 0 unspecified atom stereocenters. The highest BCUT2D eigenvalue weighted by atomic mass is 32.1. The van der Waals surface area contributed by atoms with Gasteiger partial charge in [-0.25, -0.2) is 19.3 Å². The Hall–Kier alpha value is -3.45. The Morgan fingerprint density at radius 2 is 1.86 bits per heavy atom. The molecule has 2 aliphatic heterocycles. The fraction of sp³-hybridized carbons (Fsp3) is 0.483. The molecule has 13 heteroatoms. The van der Waals surface area contributed by atoms with Gasteiger partial charge in [-0.1, -0.05) is 6.92 Å². The van der Waals surface area contributed by atoms with Crippen LogP contribution < -0.4 is 4.90 Å². The number of carbonyl (C=O) groups excluding carboxylic acids is 1. The molecule has 0 amide bonds. The smallest absolute Gasteiger partial charge is 0.419 e. The third-order valence-electron chi connectivity index (χ3n) is 8.01. The first-order valence-electron chi connectivity index (χ1n) is 14.0. The van der Waals surface area contributed by atoms with E-state index in [1.807, 2.05) is 4.90 Å². The Morgan fingerprint density at radius 1 is 1.10 bits per heavy atom. The van der Waals surface area contributed by atoms with Gasteiger partial charge in [0.25, 0.3) is 0 Å². The van der Waals surface area contributed by atoms with Crippen molar-refractivity contribution in [3.05, 3.63) is 57.6 Å². The van der Waals surface area contributed by atoms with Gasteiger partial charge >= 0.3 is 12.1 Å². The van der Waals surface area contributed by atoms with Crippen molar-refractivity contribution in [3.63, 3.8) is 0 Å². The van der Waals surface area contributed by atoms with E-state index in [9.17, 15) is 32.3 Å². The summed E-state index contributed by atoms with van der Waals surface area (Å²) in [5.41, 5.74) is -0.756. The molecule has 0 radical (unpaired) electrons. The quantitative estimate of drug-likeness (QED) is 0.239. The predicted octanol–water partition coefficient (Wildman–Crippen LogP) is 5.86. The summed E-state index contributed by atoms with van der Waals surface area (Å²) < 4.78 is 54.5. The monoisotopic (exact) mass is 605 g/mol. The Balaban J connectivity index is 1.36. The van der Waals surface area contributed by atoms with Gasteiger partial charge in [0.15, 0.2) is 5.78 Å². The minimum atomic E-state index is -4.85. The maximum atomic E-state index is 14.0. The number of hydrogen-bond donors (Lipinski definition) is 1. The van der Waals surface area contributed by atoms with E-state index >= 15 is 0 Å². The second-order valence-electron chi connectivity index (χ2n) is 10.7. The maximum Gasteiger partial charge on any atom is 0.419 e. The van der Waals surface area contributed by atoms with Gasteiger partial charge < -0.3 is 10.0 Å². The lowest BCUT2D eigenvalue weighted by Gasteiger charge is -2.30. The Bertz CT molecular complexity index is 1440. The van der Waals surface area contributed by atoms with Crippen molar-refractivity contribution < 1.29 is 32.3 Å². The maximum absolute atomic E-state index is 14.0. The van der Waals surface area contributed by atoms with Crippen molar-refractivity contribution in [3.8, 4) is 11.3 Å². The van der Waals surface area contributed by atoms with Crippen molar-refractivity contribution in [1.29, 1.82) is 0 Å². The average Bonchev–Trinajstić information content (AvgIpc) is 3.59. The van der Waals surface area contributed by atoms with Gasteiger partial charge in [-0.05, 0) is 56.8 Å². The number of thiazole rings is 1. The molecule has 1 atom stereocenters. The number of halogens is 4. The highest BCUT2D eigenvalue weighted by Crippen LogP contribution is 2.37. The molecule has 0 spiro atoms. The molecule has 2 fully saturated rings. The summed E-state index contributed by atoms with van der Waals surface area (Å²) in [5.74, 6) is -2.31. The summed E-state index contributed by atoms with van der Waals surface area (Å²) >= 11 is 1.27. The number of carboxylic acid groups (broad SMARTS) is 1. The van der Waals surface area contributed by atoms with Crippen LogP contribution in [0.5, 0.6) is 0 Å². The third-order valence-corrected chi connectivity index (χ3v) is 9.05. The lowest BCUT2D eigenvalue weighted by atomic mass is 9.97. The first-order chi connectivity index (χ1) is 20.0. The minimum Gasteiger partial charge on any atom is -0.481 e. The number of carboxylic acids is 1. The first-order valence-corrected chi connectivity index (χ1v) is 14.8. The van der Waals surface area contributed by atoms with E-state index < -0.39 is 23.5 Å². The third kappa shape index (κ3) is 6.62. The summed E-state index contributed by atoms with van der Waals surface area (Å²) in [6.07, 6.45) is 1.91. The van der Waals surface area contributed by atoms with Gasteiger partial charge in [-0.3, -0.25) is 14.5 Å². The Labute approximate surface area is 244 Å². The van der Waals surface area contributed by atoms with Gasteiger partial charge in [0.1, 0.15) is 22.3 Å². The van der Waals surface area contributed by atoms with E-state index in [0.29, 0.717) is 55.0 Å². The largest absolute Gasteiger partial charge is 0.481 e. The van der Waals surface area contributed by atoms with E-state index in [2.05, 4.69) is 26.8 Å². The molecule has 8 nitrogen and oxygen atoms in total. The zero-order valence-corrected chi connectivity index (χ0v) is 23.8. The van der Waals surface area contributed by atoms with Crippen LogP contribution in [0.3, 0.4) is 0 Å². The second kappa shape index (κ2) is 12.4. The molecule has 1 aromatic carbocycles. The number of alkyl halides is 3. The van der Waals surface area contributed by atoms with Crippen LogP contribution in [0.1, 0.15) is 65.0 Å². The van der Waals surface area contributed by atoms with Gasteiger partial charge in [-0.15, -0.1) is 11.3 Å². The average molecular weight is 606 g/mol. The lowest BCUT2D eigenvalue weighted by molar-refractivity contribution is -0.142. The Kier molecular flexibility index (Phi) is 8.88. The van der Waals surface area contributed by atoms with Crippen LogP contribution in [0.2, 0.25) is 0 Å². The van der Waals surface area contributed by atoms with Crippen LogP contribution in [0, 0.1) is 11.7 Å². The van der Waals surface area contributed by atoms with E-state index in [4.69, 9.17) is 0 Å². The van der Waals surface area contributed by atoms with Crippen molar-refractivity contribution in [2.45, 2.75) is 64.2 Å². The number of likely N-dealkylation sites (tertiary alicyclic amines) is 1. The highest BCUT2D eigenvalue weighted by Gasteiger charge is 2.35. The number of piperidine rings is 1. The summed E-state index contributed by atoms with van der Waals surface area (Å²) in [6, 6.07) is 3.23. The molecule has 2 saturated heterocycles. The highest BCUT2D eigenvalue weighted by molar-refractivity contribution is 7.12. The Morgan fingerprint density at radius 3 is 2.50 bits per heavy atom. The molecule has 4 heterocycles. The molecule has 2 aliphatic rings. The molecular formula is C29H31F4N5O3S. The van der Waals surface area contributed by atoms with Gasteiger partial charge in [0.05, 0.1) is 36.0 Å². The lowest BCUT2D eigenvalue weighted by Crippen LogP contribution is -2.36. The van der Waals surface area contributed by atoms with Crippen molar-refractivity contribution in [2.24, 2.45) is 5.92 Å². The molecule has 224 valence electrons. The summed E-state index contributed by atoms with van der Waals surface area (Å²) in [6.45, 7) is 4.49. The molecule has 3 aromatic rings. The van der Waals surface area contributed by atoms with E-state index in [1.165, 1.54) is 29.8 Å². The zero-order valence-electron chi connectivity index (χ0n) is 23.0. The number of benzene rings is 1. The molecule has 42 heavy (non-hydrogen) atoms. The molecular weight excluding hydrogens is 574 g/mol. The van der Waals surface area contributed by atoms with Crippen molar-refractivity contribution >= 4 is 28.9 Å². The number of rotatable bonds is 9. The van der Waals surface area contributed by atoms with Gasteiger partial charge in [0.2, 0.25) is 0 Å². The molecule has 2 aromatic heterocycles. The normalized spacial score (nSPS) is 18.5. The van der Waals surface area contributed by atoms with Crippen LogP contribution >= 0.6 is 11.3 Å². The van der Waals surface area contributed by atoms with Crippen molar-refractivity contribution in [1.82, 2.24) is 19.9 Å². The van der Waals surface area contributed by atoms with Crippen LogP contribution in [0.4, 0.5) is 23.4 Å². The SMILES string of the molecule is CC[C@@H]1CCCN1Cc1sc(CC(=O)c2cnc(N3CCC(C(=O)O)CC3)cn2)nc1-c1ccc(F)c(C(F)(F)F)c1. The molecule has 5 rings (SSSR count). The topological polar surface area (TPSA) is 99.5 Å². The van der Waals surface area contributed by atoms with Crippen molar-refractivity contribution in [2.75, 3.05) is 24.5 Å². The van der Waals surface area contributed by atoms with Gasteiger partial charge in [0, 0.05) is 36.1 Å². The summed E-state index contributed by atoms with van der Waals surface area (Å²) in [4.78, 5) is 42.5. The number of anilines is 1. The fourth-order valence-corrected chi connectivity index (χ4v) is 6.78. The number of Topliss-reactive ketones (excluding diaryl/α,β-unsaturated/α-hetero) is 1. The number of carbonyl (C=O) groups is 2. The summed E-state index contributed by atoms with van der Waals surface area (Å²) in [5, 5.41) is 9.62. The summed E-state index contributed by atoms with van der Waals surface area (Å²) in [7, 11) is 0. The van der Waals surface area contributed by atoms with E-state index in [1.54, 1.807) is 0 Å². The number of aliphatic carboxylic acids is 1. The number of hydrogen-bond acceptors (Lipinski definition) is 8. The van der Waals surface area contributed by atoms with E-state index in [-0.39, 0.29) is 29.4 Å². The van der Waals surface area contributed by atoms with E-state index in [0.717, 1.165) is 42.8 Å². The molecule has 0 bridgehead atoms. The molecule has 0 aliphatic carbocycles. The van der Waals surface area contributed by atoms with Crippen LogP contribution in [0.15, 0.2) is 30.6 Å². The van der Waals surface area contributed by atoms with Crippen LogP contribution in [-0.2, 0) is 23.9 Å². The predicted molar refractivity (Wildman–Crippen MR) is 149 cm³/mol. The number of ketones is 1. The van der Waals surface area contributed by atoms with Crippen LogP contribution in [-0.4, -0.2) is 62.4 Å². The first kappa shape index (κ1) is 30.0. The molecule has 0 saturated carbocycles. The zero-order chi connectivity index (χ0) is 30.0. The van der Waals surface area contributed by atoms with Gasteiger partial charge in [-0.2, -0.15) is 13.2 Å². The minimum absolute atomic E-state index is 0.111. The van der Waals surface area contributed by atoms with Crippen LogP contribution in [0.25, 0.3) is 11.3 Å². The standard InChI is InChI=1S/C29H31F4N5O3S/c1-2-19-4-3-9-38(19)16-24-27(18-5-6-21(30)20(12-18)29(31,32)33)36-26(42-24)13-23(39)22-14-35-25(15-34-22)37-10-7-17(8-11-37)28(40)41/h5-6,12,14-15,17,19H,2-4,7-11,13,16H2,1H3,(H,40,41)/t19-/m1/s1. The molecule has 1 N–H and O–H groups in total. The second-order valence-corrected chi connectivity index (χ2v) is 11.9. The fourth-order valence-electron chi connectivity index (χ4n) is 5.66.